The Hall–Kier alpha value is -1.39. The van der Waals surface area contributed by atoms with Crippen LogP contribution in [-0.2, 0) is 11.3 Å². The topological polar surface area (TPSA) is 43.8 Å². The molecular formula is C20H32N2O2. The third-order valence-electron chi connectivity index (χ3n) is 4.89. The van der Waals surface area contributed by atoms with Crippen molar-refractivity contribution in [3.8, 4) is 0 Å². The molecule has 1 fully saturated rings. The molecule has 1 aromatic rings. The van der Waals surface area contributed by atoms with Crippen LogP contribution in [0.2, 0.25) is 0 Å². The molecule has 0 spiro atoms. The fourth-order valence-electron chi connectivity index (χ4n) is 3.43. The number of carbonyl (C=O) groups excluding carboxylic acids is 1. The van der Waals surface area contributed by atoms with E-state index >= 15 is 0 Å². The lowest BCUT2D eigenvalue weighted by Crippen LogP contribution is -2.52. The number of hydrogen-bond donors (Lipinski definition) is 1. The summed E-state index contributed by atoms with van der Waals surface area (Å²) < 4.78 is 0. The third kappa shape index (κ3) is 5.05. The zero-order chi connectivity index (χ0) is 17.8. The van der Waals surface area contributed by atoms with E-state index in [4.69, 9.17) is 0 Å². The minimum atomic E-state index is -0.219. The summed E-state index contributed by atoms with van der Waals surface area (Å²) in [6, 6.07) is 10.2. The molecule has 1 saturated heterocycles. The molecule has 0 bridgehead atoms. The molecule has 1 amide bonds. The van der Waals surface area contributed by atoms with Crippen molar-refractivity contribution in [2.75, 3.05) is 26.2 Å². The summed E-state index contributed by atoms with van der Waals surface area (Å²) in [6.07, 6.45) is 2.07. The van der Waals surface area contributed by atoms with E-state index in [-0.39, 0.29) is 23.5 Å². The molecule has 1 aliphatic heterocycles. The van der Waals surface area contributed by atoms with E-state index in [1.54, 1.807) is 0 Å². The lowest BCUT2D eigenvalue weighted by molar-refractivity contribution is -0.139. The van der Waals surface area contributed by atoms with Crippen LogP contribution in [0.5, 0.6) is 0 Å². The number of amides is 1. The lowest BCUT2D eigenvalue weighted by atomic mass is 9.83. The van der Waals surface area contributed by atoms with Crippen LogP contribution in [0.25, 0.3) is 0 Å². The average molecular weight is 332 g/mol. The Morgan fingerprint density at radius 3 is 2.54 bits per heavy atom. The highest BCUT2D eigenvalue weighted by Gasteiger charge is 2.33. The van der Waals surface area contributed by atoms with Crippen LogP contribution in [0.1, 0.15) is 46.1 Å². The molecule has 1 heterocycles. The number of nitrogens with zero attached hydrogens (tertiary/aromatic N) is 2. The van der Waals surface area contributed by atoms with Crippen LogP contribution in [-0.4, -0.2) is 52.6 Å². The maximum absolute atomic E-state index is 13.0. The van der Waals surface area contributed by atoms with E-state index in [2.05, 4.69) is 44.7 Å². The van der Waals surface area contributed by atoms with Gasteiger partial charge in [0, 0.05) is 30.7 Å². The van der Waals surface area contributed by atoms with Gasteiger partial charge in [0.1, 0.15) is 0 Å². The van der Waals surface area contributed by atoms with Gasteiger partial charge < -0.3 is 10.0 Å². The Balaban J connectivity index is 2.05. The Morgan fingerprint density at radius 2 is 1.96 bits per heavy atom. The average Bonchev–Trinajstić information content (AvgIpc) is 2.52. The quantitative estimate of drug-likeness (QED) is 0.902. The summed E-state index contributed by atoms with van der Waals surface area (Å²) in [5, 5.41) is 9.61. The fourth-order valence-corrected chi connectivity index (χ4v) is 3.43. The highest BCUT2D eigenvalue weighted by molar-refractivity contribution is 5.79. The second-order valence-electron chi connectivity index (χ2n) is 8.42. The minimum Gasteiger partial charge on any atom is -0.396 e. The molecular weight excluding hydrogens is 300 g/mol. The van der Waals surface area contributed by atoms with Gasteiger partial charge in [-0.3, -0.25) is 9.69 Å². The monoisotopic (exact) mass is 332 g/mol. The first kappa shape index (κ1) is 18.9. The number of aliphatic hydroxyl groups is 1. The minimum absolute atomic E-state index is 0.0788. The summed E-state index contributed by atoms with van der Waals surface area (Å²) in [4.78, 5) is 17.1. The zero-order valence-electron chi connectivity index (χ0n) is 15.6. The summed E-state index contributed by atoms with van der Waals surface area (Å²) in [5.74, 6) is 0.161. The molecule has 1 N–H and O–H groups in total. The number of hydrogen-bond acceptors (Lipinski definition) is 3. The molecule has 1 aliphatic rings. The van der Waals surface area contributed by atoms with Crippen molar-refractivity contribution in [1.82, 2.24) is 9.80 Å². The van der Waals surface area contributed by atoms with Gasteiger partial charge in [0.25, 0.3) is 0 Å². The zero-order valence-corrected chi connectivity index (χ0v) is 15.6. The van der Waals surface area contributed by atoms with Gasteiger partial charge in [-0.05, 0) is 45.7 Å². The molecule has 4 nitrogen and oxygen atoms in total. The van der Waals surface area contributed by atoms with Crippen molar-refractivity contribution < 1.29 is 9.90 Å². The fraction of sp³-hybridized carbons (Fsp3) is 0.650. The summed E-state index contributed by atoms with van der Waals surface area (Å²) in [7, 11) is 0. The second kappa shape index (κ2) is 7.66. The van der Waals surface area contributed by atoms with Crippen molar-refractivity contribution in [2.24, 2.45) is 5.41 Å². The van der Waals surface area contributed by atoms with E-state index in [0.29, 0.717) is 13.1 Å². The van der Waals surface area contributed by atoms with Gasteiger partial charge in [-0.15, -0.1) is 0 Å². The smallest absolute Gasteiger partial charge is 0.237 e. The van der Waals surface area contributed by atoms with Gasteiger partial charge >= 0.3 is 0 Å². The second-order valence-corrected chi connectivity index (χ2v) is 8.42. The first-order valence-electron chi connectivity index (χ1n) is 8.91. The third-order valence-corrected chi connectivity index (χ3v) is 4.89. The molecule has 0 aliphatic carbocycles. The Labute approximate surface area is 146 Å². The van der Waals surface area contributed by atoms with Crippen molar-refractivity contribution >= 4 is 5.91 Å². The van der Waals surface area contributed by atoms with Crippen molar-refractivity contribution in [2.45, 2.75) is 52.6 Å². The van der Waals surface area contributed by atoms with Crippen LogP contribution in [0, 0.1) is 5.41 Å². The number of likely N-dealkylation sites (tertiary alicyclic amines) is 1. The highest BCUT2D eigenvalue weighted by atomic mass is 16.3. The molecule has 0 aromatic heterocycles. The Kier molecular flexibility index (Phi) is 6.05. The molecule has 24 heavy (non-hydrogen) atoms. The van der Waals surface area contributed by atoms with Gasteiger partial charge in [0.2, 0.25) is 5.91 Å². The normalized spacial score (nSPS) is 22.4. The van der Waals surface area contributed by atoms with Crippen LogP contribution < -0.4 is 0 Å². The maximum Gasteiger partial charge on any atom is 0.237 e. The predicted octanol–water partition coefficient (Wildman–Crippen LogP) is 2.91. The van der Waals surface area contributed by atoms with Crippen LogP contribution in [0.3, 0.4) is 0 Å². The lowest BCUT2D eigenvalue weighted by Gasteiger charge is -2.41. The molecule has 1 aromatic carbocycles. The summed E-state index contributed by atoms with van der Waals surface area (Å²) in [6.45, 7) is 11.3. The first-order valence-corrected chi connectivity index (χ1v) is 8.91. The van der Waals surface area contributed by atoms with Gasteiger partial charge in [0.05, 0.1) is 6.54 Å². The molecule has 1 atom stereocenters. The van der Waals surface area contributed by atoms with Crippen molar-refractivity contribution in [3.63, 3.8) is 0 Å². The van der Waals surface area contributed by atoms with Gasteiger partial charge in [-0.2, -0.15) is 0 Å². The first-order chi connectivity index (χ1) is 11.2. The van der Waals surface area contributed by atoms with Crippen molar-refractivity contribution in [1.29, 1.82) is 0 Å². The number of piperidine rings is 1. The molecule has 0 saturated carbocycles. The van der Waals surface area contributed by atoms with E-state index < -0.39 is 0 Å². The molecule has 1 unspecified atom stereocenters. The summed E-state index contributed by atoms with van der Waals surface area (Å²) in [5.41, 5.74) is 0.854. The largest absolute Gasteiger partial charge is 0.396 e. The molecule has 2 rings (SSSR count). The van der Waals surface area contributed by atoms with Crippen LogP contribution >= 0.6 is 0 Å². The number of carbonyl (C=O) groups is 1. The Bertz CT molecular complexity index is 538. The standard InChI is InChI=1S/C20H32N2O2/c1-19(2,3)22(13-17-9-6-5-7-10-17)18(24)14-21-12-8-11-20(4,15-21)16-23/h5-7,9-10,23H,8,11-16H2,1-4H3. The van der Waals surface area contributed by atoms with Crippen LogP contribution in [0.4, 0.5) is 0 Å². The van der Waals surface area contributed by atoms with Gasteiger partial charge in [0.15, 0.2) is 0 Å². The van der Waals surface area contributed by atoms with Crippen LogP contribution in [0.15, 0.2) is 30.3 Å². The van der Waals surface area contributed by atoms with Gasteiger partial charge in [-0.25, -0.2) is 0 Å². The van der Waals surface area contributed by atoms with Crippen molar-refractivity contribution in [3.05, 3.63) is 35.9 Å². The van der Waals surface area contributed by atoms with Gasteiger partial charge in [-0.1, -0.05) is 37.3 Å². The highest BCUT2D eigenvalue weighted by Crippen LogP contribution is 2.29. The maximum atomic E-state index is 13.0. The van der Waals surface area contributed by atoms with E-state index in [0.717, 1.165) is 31.5 Å². The number of benzene rings is 1. The van der Waals surface area contributed by atoms with E-state index in [1.807, 2.05) is 23.1 Å². The molecule has 4 heteroatoms. The molecule has 0 radical (unpaired) electrons. The number of aliphatic hydroxyl groups excluding tert-OH is 1. The SMILES string of the molecule is CC1(CO)CCCN(CC(=O)N(Cc2ccccc2)C(C)(C)C)C1. The molecule has 134 valence electrons. The summed E-state index contributed by atoms with van der Waals surface area (Å²) >= 11 is 0. The predicted molar refractivity (Wildman–Crippen MR) is 97.6 cm³/mol. The van der Waals surface area contributed by atoms with E-state index in [1.165, 1.54) is 0 Å². The number of rotatable bonds is 5. The van der Waals surface area contributed by atoms with E-state index in [9.17, 15) is 9.90 Å². The Morgan fingerprint density at radius 1 is 1.29 bits per heavy atom.